The second kappa shape index (κ2) is 11.2. The molecule has 8 nitrogen and oxygen atoms in total. The third-order valence-corrected chi connectivity index (χ3v) is 7.14. The van der Waals surface area contributed by atoms with Crippen LogP contribution in [0.15, 0.2) is 52.9 Å². The van der Waals surface area contributed by atoms with Gasteiger partial charge in [0.25, 0.3) is 5.91 Å². The number of aromatic nitrogens is 2. The molecule has 0 spiro atoms. The van der Waals surface area contributed by atoms with E-state index in [2.05, 4.69) is 20.8 Å². The van der Waals surface area contributed by atoms with E-state index in [9.17, 15) is 9.59 Å². The fraction of sp³-hybridized carbons (Fsp3) is 0.304. The first-order valence-corrected chi connectivity index (χ1v) is 12.4. The Bertz CT molecular complexity index is 1100. The van der Waals surface area contributed by atoms with E-state index in [-0.39, 0.29) is 17.6 Å². The number of nitrogens with zero attached hydrogens (tertiary/aromatic N) is 3. The number of methoxy groups -OCH3 is 1. The fourth-order valence-corrected chi connectivity index (χ4v) is 5.02. The van der Waals surface area contributed by atoms with Crippen molar-refractivity contribution in [3.05, 3.63) is 59.7 Å². The molecule has 2 amide bonds. The molecule has 172 valence electrons. The standard InChI is InChI=1S/C23H25N5O3S2/c1-31-19-7-3-2-6-18(19)25-22-26-27-23(33-22)32-15-20(29)24-14-16-8-10-17(11-9-16)21(30)28-12-4-5-13-28/h2-3,6-11H,4-5,12-15H2,1H3,(H,24,29)(H,25,26). The van der Waals surface area contributed by atoms with Gasteiger partial charge in [-0.25, -0.2) is 0 Å². The lowest BCUT2D eigenvalue weighted by molar-refractivity contribution is -0.118. The third kappa shape index (κ3) is 6.23. The number of para-hydroxylation sites is 2. The summed E-state index contributed by atoms with van der Waals surface area (Å²) in [7, 11) is 1.61. The first-order valence-electron chi connectivity index (χ1n) is 10.6. The summed E-state index contributed by atoms with van der Waals surface area (Å²) in [5, 5.41) is 15.0. The average molecular weight is 484 g/mol. The average Bonchev–Trinajstić information content (AvgIpc) is 3.54. The molecule has 1 aromatic heterocycles. The highest BCUT2D eigenvalue weighted by atomic mass is 32.2. The predicted molar refractivity (Wildman–Crippen MR) is 130 cm³/mol. The number of nitrogens with one attached hydrogen (secondary N) is 2. The summed E-state index contributed by atoms with van der Waals surface area (Å²) >= 11 is 2.71. The molecule has 3 aromatic rings. The third-order valence-electron chi connectivity index (χ3n) is 5.17. The maximum absolute atomic E-state index is 12.4. The summed E-state index contributed by atoms with van der Waals surface area (Å²) in [6.45, 7) is 2.08. The summed E-state index contributed by atoms with van der Waals surface area (Å²) in [4.78, 5) is 26.6. The second-order valence-electron chi connectivity index (χ2n) is 7.46. The van der Waals surface area contributed by atoms with Gasteiger partial charge >= 0.3 is 0 Å². The molecule has 4 rings (SSSR count). The molecule has 0 atom stereocenters. The molecule has 0 saturated carbocycles. The van der Waals surface area contributed by atoms with E-state index < -0.39 is 0 Å². The number of hydrogen-bond donors (Lipinski definition) is 2. The van der Waals surface area contributed by atoms with E-state index in [1.54, 1.807) is 7.11 Å². The SMILES string of the molecule is COc1ccccc1Nc1nnc(SCC(=O)NCc2ccc(C(=O)N3CCCC3)cc2)s1. The lowest BCUT2D eigenvalue weighted by atomic mass is 10.1. The van der Waals surface area contributed by atoms with Crippen molar-refractivity contribution in [1.29, 1.82) is 0 Å². The van der Waals surface area contributed by atoms with Gasteiger partial charge in [-0.05, 0) is 42.7 Å². The maximum atomic E-state index is 12.4. The Labute approximate surface area is 200 Å². The highest BCUT2D eigenvalue weighted by molar-refractivity contribution is 8.01. The van der Waals surface area contributed by atoms with Crippen LogP contribution in [0.2, 0.25) is 0 Å². The lowest BCUT2D eigenvalue weighted by Crippen LogP contribution is -2.27. The zero-order valence-corrected chi connectivity index (χ0v) is 19.9. The topological polar surface area (TPSA) is 96.5 Å². The smallest absolute Gasteiger partial charge is 0.253 e. The Morgan fingerprint density at radius 3 is 2.61 bits per heavy atom. The van der Waals surface area contributed by atoms with Gasteiger partial charge in [0.15, 0.2) is 4.34 Å². The number of benzene rings is 2. The van der Waals surface area contributed by atoms with E-state index in [0.717, 1.165) is 42.9 Å². The van der Waals surface area contributed by atoms with Gasteiger partial charge in [-0.2, -0.15) is 0 Å². The molecular weight excluding hydrogens is 458 g/mol. The molecule has 10 heteroatoms. The van der Waals surface area contributed by atoms with Crippen molar-refractivity contribution < 1.29 is 14.3 Å². The van der Waals surface area contributed by atoms with Crippen LogP contribution >= 0.6 is 23.1 Å². The molecule has 0 radical (unpaired) electrons. The molecule has 1 fully saturated rings. The largest absolute Gasteiger partial charge is 0.495 e. The number of amides is 2. The molecule has 1 saturated heterocycles. The van der Waals surface area contributed by atoms with Gasteiger partial charge in [-0.3, -0.25) is 9.59 Å². The van der Waals surface area contributed by atoms with Crippen LogP contribution in [-0.2, 0) is 11.3 Å². The van der Waals surface area contributed by atoms with Crippen LogP contribution in [0.1, 0.15) is 28.8 Å². The summed E-state index contributed by atoms with van der Waals surface area (Å²) in [5.74, 6) is 0.951. The number of hydrogen-bond acceptors (Lipinski definition) is 8. The number of ether oxygens (including phenoxy) is 1. The minimum atomic E-state index is -0.0911. The van der Waals surface area contributed by atoms with Gasteiger partial charge in [-0.1, -0.05) is 47.4 Å². The predicted octanol–water partition coefficient (Wildman–Crippen LogP) is 3.93. The van der Waals surface area contributed by atoms with Crippen molar-refractivity contribution in [2.45, 2.75) is 23.7 Å². The lowest BCUT2D eigenvalue weighted by Gasteiger charge is -2.15. The van der Waals surface area contributed by atoms with E-state index >= 15 is 0 Å². The zero-order chi connectivity index (χ0) is 23.0. The maximum Gasteiger partial charge on any atom is 0.253 e. The number of carbonyl (C=O) groups is 2. The van der Waals surface area contributed by atoms with Crippen LogP contribution in [0.25, 0.3) is 0 Å². The summed E-state index contributed by atoms with van der Waals surface area (Å²) in [5.41, 5.74) is 2.44. The molecule has 2 aromatic carbocycles. The van der Waals surface area contributed by atoms with Crippen molar-refractivity contribution in [3.8, 4) is 5.75 Å². The minimum absolute atomic E-state index is 0.0797. The fourth-order valence-electron chi connectivity index (χ4n) is 3.43. The van der Waals surface area contributed by atoms with Crippen LogP contribution in [-0.4, -0.2) is 52.9 Å². The second-order valence-corrected chi connectivity index (χ2v) is 9.66. The zero-order valence-electron chi connectivity index (χ0n) is 18.2. The number of likely N-dealkylation sites (tertiary alicyclic amines) is 1. The van der Waals surface area contributed by atoms with Crippen molar-refractivity contribution >= 4 is 45.7 Å². The number of rotatable bonds is 9. The van der Waals surface area contributed by atoms with E-state index in [0.29, 0.717) is 21.6 Å². The molecular formula is C23H25N5O3S2. The minimum Gasteiger partial charge on any atom is -0.495 e. The first kappa shape index (κ1) is 23.1. The molecule has 33 heavy (non-hydrogen) atoms. The Kier molecular flexibility index (Phi) is 7.79. The number of thioether (sulfide) groups is 1. The molecule has 0 aliphatic carbocycles. The van der Waals surface area contributed by atoms with E-state index in [1.165, 1.54) is 23.1 Å². The van der Waals surface area contributed by atoms with Crippen molar-refractivity contribution in [2.75, 3.05) is 31.3 Å². The van der Waals surface area contributed by atoms with Crippen LogP contribution in [0, 0.1) is 0 Å². The van der Waals surface area contributed by atoms with Crippen LogP contribution in [0.5, 0.6) is 5.75 Å². The molecule has 1 aliphatic heterocycles. The monoisotopic (exact) mass is 483 g/mol. The summed E-state index contributed by atoms with van der Waals surface area (Å²) in [6, 6.07) is 15.0. The van der Waals surface area contributed by atoms with Gasteiger partial charge in [0, 0.05) is 25.2 Å². The van der Waals surface area contributed by atoms with Crippen LogP contribution in [0.3, 0.4) is 0 Å². The van der Waals surface area contributed by atoms with E-state index in [4.69, 9.17) is 4.74 Å². The molecule has 1 aliphatic rings. The molecule has 0 bridgehead atoms. The Balaban J connectivity index is 1.22. The summed E-state index contributed by atoms with van der Waals surface area (Å²) in [6.07, 6.45) is 2.15. The van der Waals surface area contributed by atoms with Crippen LogP contribution < -0.4 is 15.4 Å². The number of anilines is 2. The van der Waals surface area contributed by atoms with Crippen molar-refractivity contribution in [1.82, 2.24) is 20.4 Å². The van der Waals surface area contributed by atoms with Gasteiger partial charge in [0.2, 0.25) is 11.0 Å². The van der Waals surface area contributed by atoms with Crippen molar-refractivity contribution in [2.24, 2.45) is 0 Å². The quantitative estimate of drug-likeness (QED) is 0.445. The van der Waals surface area contributed by atoms with E-state index in [1.807, 2.05) is 53.4 Å². The first-order chi connectivity index (χ1) is 16.1. The van der Waals surface area contributed by atoms with Crippen molar-refractivity contribution in [3.63, 3.8) is 0 Å². The summed E-state index contributed by atoms with van der Waals surface area (Å²) < 4.78 is 6.03. The normalized spacial score (nSPS) is 13.1. The van der Waals surface area contributed by atoms with Gasteiger partial charge in [0.1, 0.15) is 5.75 Å². The van der Waals surface area contributed by atoms with Gasteiger partial charge in [0.05, 0.1) is 18.6 Å². The van der Waals surface area contributed by atoms with Gasteiger partial charge in [-0.15, -0.1) is 10.2 Å². The molecule has 0 unspecified atom stereocenters. The van der Waals surface area contributed by atoms with Gasteiger partial charge < -0.3 is 20.3 Å². The Morgan fingerprint density at radius 1 is 1.09 bits per heavy atom. The Morgan fingerprint density at radius 2 is 1.85 bits per heavy atom. The molecule has 2 N–H and O–H groups in total. The van der Waals surface area contributed by atoms with Crippen LogP contribution in [0.4, 0.5) is 10.8 Å². The molecule has 2 heterocycles. The highest BCUT2D eigenvalue weighted by Crippen LogP contribution is 2.31. The highest BCUT2D eigenvalue weighted by Gasteiger charge is 2.19. The number of carbonyl (C=O) groups excluding carboxylic acids is 2. The Hall–Kier alpha value is -3.11.